The van der Waals surface area contributed by atoms with Crippen LogP contribution < -0.4 is 10.5 Å². The smallest absolute Gasteiger partial charge is 0.225 e. The third kappa shape index (κ3) is 2.85. The molecule has 0 saturated carbocycles. The van der Waals surface area contributed by atoms with E-state index in [-0.39, 0.29) is 11.4 Å². The molecule has 5 nitrogen and oxygen atoms in total. The number of hydrogen-bond acceptors (Lipinski definition) is 4. The molecule has 1 aromatic heterocycles. The van der Waals surface area contributed by atoms with Gasteiger partial charge >= 0.3 is 0 Å². The Bertz CT molecular complexity index is 389. The molecule has 0 saturated heterocycles. The highest BCUT2D eigenvalue weighted by Crippen LogP contribution is 2.22. The molecule has 1 aromatic rings. The maximum absolute atomic E-state index is 8.65. The lowest BCUT2D eigenvalue weighted by Gasteiger charge is -2.25. The second-order valence-corrected chi connectivity index (χ2v) is 4.06. The van der Waals surface area contributed by atoms with Crippen LogP contribution in [-0.2, 0) is 0 Å². The van der Waals surface area contributed by atoms with Crippen LogP contribution in [0.15, 0.2) is 23.5 Å². The summed E-state index contributed by atoms with van der Waals surface area (Å²) in [4.78, 5) is 4.09. The van der Waals surface area contributed by atoms with E-state index in [2.05, 4.69) is 10.1 Å². The Kier molecular flexibility index (Phi) is 3.71. The van der Waals surface area contributed by atoms with E-state index in [9.17, 15) is 0 Å². The van der Waals surface area contributed by atoms with Crippen LogP contribution in [0.3, 0.4) is 0 Å². The standard InChI is InChI=1S/C11H17N3O2/c1-4-11(2,3)16-10-8(9(12)14-15)6-5-7-13-10/h5-7,15H,4H2,1-3H3,(H2,12,14). The number of rotatable bonds is 4. The van der Waals surface area contributed by atoms with E-state index in [0.717, 1.165) is 6.42 Å². The van der Waals surface area contributed by atoms with Crippen molar-refractivity contribution in [1.82, 2.24) is 4.98 Å². The predicted octanol–water partition coefficient (Wildman–Crippen LogP) is 1.74. The molecule has 88 valence electrons. The van der Waals surface area contributed by atoms with Gasteiger partial charge < -0.3 is 15.7 Å². The zero-order valence-corrected chi connectivity index (χ0v) is 9.77. The lowest BCUT2D eigenvalue weighted by atomic mass is 10.1. The van der Waals surface area contributed by atoms with Gasteiger partial charge in [-0.2, -0.15) is 0 Å². The van der Waals surface area contributed by atoms with Crippen molar-refractivity contribution in [1.29, 1.82) is 0 Å². The van der Waals surface area contributed by atoms with Gasteiger partial charge in [0.2, 0.25) is 5.88 Å². The molecular formula is C11H17N3O2. The highest BCUT2D eigenvalue weighted by molar-refractivity contribution is 5.98. The quantitative estimate of drug-likeness (QED) is 0.352. The molecule has 0 spiro atoms. The number of ether oxygens (including phenoxy) is 1. The van der Waals surface area contributed by atoms with Crippen molar-refractivity contribution in [3.63, 3.8) is 0 Å². The van der Waals surface area contributed by atoms with E-state index in [1.54, 1.807) is 18.3 Å². The van der Waals surface area contributed by atoms with Crippen LogP contribution >= 0.6 is 0 Å². The van der Waals surface area contributed by atoms with Gasteiger partial charge in [-0.15, -0.1) is 0 Å². The normalized spacial score (nSPS) is 12.6. The maximum atomic E-state index is 8.65. The second kappa shape index (κ2) is 4.83. The van der Waals surface area contributed by atoms with Gasteiger partial charge in [-0.05, 0) is 32.4 Å². The topological polar surface area (TPSA) is 80.7 Å². The Morgan fingerprint density at radius 2 is 2.31 bits per heavy atom. The van der Waals surface area contributed by atoms with Crippen LogP contribution in [0.1, 0.15) is 32.8 Å². The summed E-state index contributed by atoms with van der Waals surface area (Å²) in [7, 11) is 0. The molecular weight excluding hydrogens is 206 g/mol. The first-order valence-corrected chi connectivity index (χ1v) is 5.12. The number of nitrogens with zero attached hydrogens (tertiary/aromatic N) is 2. The van der Waals surface area contributed by atoms with Crippen molar-refractivity contribution >= 4 is 5.84 Å². The fourth-order valence-electron chi connectivity index (χ4n) is 1.05. The Morgan fingerprint density at radius 1 is 1.62 bits per heavy atom. The van der Waals surface area contributed by atoms with E-state index in [1.807, 2.05) is 20.8 Å². The monoisotopic (exact) mass is 223 g/mol. The first-order valence-electron chi connectivity index (χ1n) is 5.12. The molecule has 0 aliphatic rings. The highest BCUT2D eigenvalue weighted by Gasteiger charge is 2.20. The van der Waals surface area contributed by atoms with Crippen molar-refractivity contribution in [2.45, 2.75) is 32.8 Å². The SMILES string of the molecule is CCC(C)(C)Oc1ncccc1/C(N)=N/O. The van der Waals surface area contributed by atoms with Gasteiger partial charge in [0.05, 0.1) is 5.56 Å². The number of pyridine rings is 1. The fraction of sp³-hybridized carbons (Fsp3) is 0.455. The molecule has 3 N–H and O–H groups in total. The molecule has 0 bridgehead atoms. The van der Waals surface area contributed by atoms with Crippen LogP contribution in [0.2, 0.25) is 0 Å². The molecule has 5 heteroatoms. The zero-order chi connectivity index (χ0) is 12.2. The van der Waals surface area contributed by atoms with Crippen LogP contribution in [0, 0.1) is 0 Å². The summed E-state index contributed by atoms with van der Waals surface area (Å²) in [5.41, 5.74) is 5.69. The van der Waals surface area contributed by atoms with Crippen LogP contribution in [0.25, 0.3) is 0 Å². The maximum Gasteiger partial charge on any atom is 0.225 e. The third-order valence-corrected chi connectivity index (χ3v) is 2.38. The van der Waals surface area contributed by atoms with Gasteiger partial charge in [-0.25, -0.2) is 4.98 Å². The molecule has 0 amide bonds. The van der Waals surface area contributed by atoms with Crippen molar-refractivity contribution in [3.05, 3.63) is 23.9 Å². The lowest BCUT2D eigenvalue weighted by Crippen LogP contribution is -2.29. The summed E-state index contributed by atoms with van der Waals surface area (Å²) < 4.78 is 5.72. The number of oxime groups is 1. The molecule has 0 aromatic carbocycles. The summed E-state index contributed by atoms with van der Waals surface area (Å²) in [6.45, 7) is 5.93. The van der Waals surface area contributed by atoms with E-state index in [1.165, 1.54) is 0 Å². The predicted molar refractivity (Wildman–Crippen MR) is 61.7 cm³/mol. The van der Waals surface area contributed by atoms with Crippen molar-refractivity contribution in [3.8, 4) is 5.88 Å². The number of hydrogen-bond donors (Lipinski definition) is 2. The fourth-order valence-corrected chi connectivity index (χ4v) is 1.05. The minimum atomic E-state index is -0.334. The summed E-state index contributed by atoms with van der Waals surface area (Å²) in [5.74, 6) is 0.375. The van der Waals surface area contributed by atoms with E-state index in [4.69, 9.17) is 15.7 Å². The Labute approximate surface area is 94.9 Å². The molecule has 16 heavy (non-hydrogen) atoms. The summed E-state index contributed by atoms with van der Waals surface area (Å²) in [6, 6.07) is 3.41. The average molecular weight is 223 g/mol. The lowest BCUT2D eigenvalue weighted by molar-refractivity contribution is 0.0987. The highest BCUT2D eigenvalue weighted by atomic mass is 16.5. The summed E-state index contributed by atoms with van der Waals surface area (Å²) in [6.07, 6.45) is 2.44. The number of nitrogens with two attached hydrogens (primary N) is 1. The van der Waals surface area contributed by atoms with Crippen molar-refractivity contribution in [2.75, 3.05) is 0 Å². The van der Waals surface area contributed by atoms with Gasteiger partial charge in [0.1, 0.15) is 5.60 Å². The molecule has 0 aliphatic carbocycles. The summed E-state index contributed by atoms with van der Waals surface area (Å²) >= 11 is 0. The van der Waals surface area contributed by atoms with E-state index in [0.29, 0.717) is 11.4 Å². The van der Waals surface area contributed by atoms with Crippen molar-refractivity contribution in [2.24, 2.45) is 10.9 Å². The van der Waals surface area contributed by atoms with Gasteiger partial charge in [0, 0.05) is 6.20 Å². The first kappa shape index (κ1) is 12.3. The van der Waals surface area contributed by atoms with Crippen LogP contribution in [0.5, 0.6) is 5.88 Å². The molecule has 0 aliphatic heterocycles. The Morgan fingerprint density at radius 3 is 2.88 bits per heavy atom. The molecule has 0 radical (unpaired) electrons. The average Bonchev–Trinajstić information content (AvgIpc) is 2.28. The third-order valence-electron chi connectivity index (χ3n) is 2.38. The second-order valence-electron chi connectivity index (χ2n) is 4.06. The number of amidine groups is 1. The van der Waals surface area contributed by atoms with Gasteiger partial charge in [-0.3, -0.25) is 0 Å². The molecule has 0 unspecified atom stereocenters. The van der Waals surface area contributed by atoms with E-state index < -0.39 is 0 Å². The first-order chi connectivity index (χ1) is 7.50. The number of aromatic nitrogens is 1. The van der Waals surface area contributed by atoms with Gasteiger partial charge in [-0.1, -0.05) is 12.1 Å². The van der Waals surface area contributed by atoms with Gasteiger partial charge in [0.25, 0.3) is 0 Å². The zero-order valence-electron chi connectivity index (χ0n) is 9.77. The van der Waals surface area contributed by atoms with Crippen molar-refractivity contribution < 1.29 is 9.94 Å². The summed E-state index contributed by atoms with van der Waals surface area (Å²) in [5, 5.41) is 11.6. The molecule has 1 heterocycles. The largest absolute Gasteiger partial charge is 0.471 e. The molecule has 1 rings (SSSR count). The Hall–Kier alpha value is -1.78. The molecule has 0 atom stereocenters. The van der Waals surface area contributed by atoms with Crippen LogP contribution in [-0.4, -0.2) is 21.6 Å². The minimum Gasteiger partial charge on any atom is -0.471 e. The Balaban J connectivity index is 3.05. The van der Waals surface area contributed by atoms with Crippen LogP contribution in [0.4, 0.5) is 0 Å². The minimum absolute atomic E-state index is 0.00463. The van der Waals surface area contributed by atoms with E-state index >= 15 is 0 Å². The van der Waals surface area contributed by atoms with Gasteiger partial charge in [0.15, 0.2) is 5.84 Å². The molecule has 0 fully saturated rings.